The van der Waals surface area contributed by atoms with Crippen LogP contribution in [-0.2, 0) is 16.1 Å². The van der Waals surface area contributed by atoms with E-state index in [0.717, 1.165) is 53.1 Å². The second-order valence-corrected chi connectivity index (χ2v) is 10.3. The Labute approximate surface area is 215 Å². The summed E-state index contributed by atoms with van der Waals surface area (Å²) >= 11 is 3.11. The topological polar surface area (TPSA) is 42.0 Å². The first-order valence-electron chi connectivity index (χ1n) is 11.7. The van der Waals surface area contributed by atoms with Crippen molar-refractivity contribution in [2.24, 2.45) is 0 Å². The van der Waals surface area contributed by atoms with Gasteiger partial charge in [-0.3, -0.25) is 0 Å². The highest BCUT2D eigenvalue weighted by Crippen LogP contribution is 2.44. The number of rotatable bonds is 10. The number of esters is 1. The molecule has 1 aliphatic rings. The molecular weight excluding hydrogens is 490 g/mol. The van der Waals surface area contributed by atoms with Crippen LogP contribution in [0.4, 0.5) is 14.5 Å². The van der Waals surface area contributed by atoms with Crippen molar-refractivity contribution < 1.29 is 23.0 Å². The van der Waals surface area contributed by atoms with Crippen LogP contribution in [-0.4, -0.2) is 42.8 Å². The zero-order valence-corrected chi connectivity index (χ0v) is 22.2. The van der Waals surface area contributed by atoms with Crippen LogP contribution in [0.25, 0.3) is 0 Å². The van der Waals surface area contributed by atoms with Gasteiger partial charge in [0, 0.05) is 19.1 Å². The quantitative estimate of drug-likeness (QED) is 0.112. The third kappa shape index (κ3) is 7.38. The molecule has 0 aromatic heterocycles. The van der Waals surface area contributed by atoms with Crippen LogP contribution >= 0.6 is 23.7 Å². The number of anilines is 1. The predicted molar refractivity (Wildman–Crippen MR) is 139 cm³/mol. The number of hydrogen-bond acceptors (Lipinski definition) is 7. The summed E-state index contributed by atoms with van der Waals surface area (Å²) in [7, 11) is 2.08. The van der Waals surface area contributed by atoms with Crippen molar-refractivity contribution >= 4 is 35.4 Å². The molecule has 0 saturated heterocycles. The average Bonchev–Trinajstić information content (AvgIpc) is 2.97. The Morgan fingerprint density at radius 2 is 2.00 bits per heavy atom. The fourth-order valence-corrected chi connectivity index (χ4v) is 5.45. The molecule has 0 spiro atoms. The van der Waals surface area contributed by atoms with E-state index in [1.807, 2.05) is 30.5 Å². The first kappa shape index (κ1) is 27.4. The maximum Gasteiger partial charge on any atom is 0.370 e. The van der Waals surface area contributed by atoms with Gasteiger partial charge >= 0.3 is 5.97 Å². The van der Waals surface area contributed by atoms with Gasteiger partial charge in [0.2, 0.25) is 5.83 Å². The number of nitrogens with zero attached hydrogens (tertiary/aromatic N) is 2. The largest absolute Gasteiger partial charge is 0.461 e. The lowest BCUT2D eigenvalue weighted by atomic mass is 10.1. The van der Waals surface area contributed by atoms with E-state index < -0.39 is 11.8 Å². The molecule has 5 nitrogen and oxygen atoms in total. The van der Waals surface area contributed by atoms with E-state index in [9.17, 15) is 13.6 Å². The molecule has 2 aromatic rings. The molecule has 0 aliphatic carbocycles. The predicted octanol–water partition coefficient (Wildman–Crippen LogP) is 6.82. The number of carbonyl (C=O) groups excluding carboxylic acids is 1. The second kappa shape index (κ2) is 13.2. The molecule has 0 bridgehead atoms. The molecule has 0 amide bonds. The summed E-state index contributed by atoms with van der Waals surface area (Å²) in [6.07, 6.45) is 6.01. The Kier molecular flexibility index (Phi) is 10.3. The molecule has 1 heterocycles. The van der Waals surface area contributed by atoms with Crippen molar-refractivity contribution in [3.05, 3.63) is 59.9 Å². The van der Waals surface area contributed by atoms with Crippen molar-refractivity contribution in [3.8, 4) is 5.75 Å². The number of hydrogen-bond donors (Lipinski definition) is 0. The second-order valence-electron chi connectivity index (χ2n) is 8.22. The summed E-state index contributed by atoms with van der Waals surface area (Å²) in [4.78, 5) is 15.7. The molecule has 3 rings (SSSR count). The van der Waals surface area contributed by atoms with E-state index in [-0.39, 0.29) is 12.4 Å². The summed E-state index contributed by atoms with van der Waals surface area (Å²) in [5.41, 5.74) is 2.06. The molecule has 1 unspecified atom stereocenters. The third-order valence-corrected chi connectivity index (χ3v) is 7.58. The Morgan fingerprint density at radius 3 is 2.66 bits per heavy atom. The summed E-state index contributed by atoms with van der Waals surface area (Å²) < 4.78 is 40.1. The van der Waals surface area contributed by atoms with Crippen molar-refractivity contribution in [3.63, 3.8) is 0 Å². The smallest absolute Gasteiger partial charge is 0.370 e. The molecule has 9 heteroatoms. The van der Waals surface area contributed by atoms with E-state index in [1.54, 1.807) is 18.9 Å². The summed E-state index contributed by atoms with van der Waals surface area (Å²) in [5.74, 6) is -1.93. The first-order chi connectivity index (χ1) is 16.9. The maximum absolute atomic E-state index is 14.1. The van der Waals surface area contributed by atoms with Gasteiger partial charge in [-0.1, -0.05) is 31.9 Å². The van der Waals surface area contributed by atoms with Crippen LogP contribution < -0.4 is 9.64 Å². The van der Waals surface area contributed by atoms with Gasteiger partial charge in [-0.25, -0.2) is 13.5 Å². The van der Waals surface area contributed by atoms with Crippen LogP contribution in [0.3, 0.4) is 0 Å². The summed E-state index contributed by atoms with van der Waals surface area (Å²) in [5, 5.41) is 0. The number of carbonyl (C=O) groups is 1. The fourth-order valence-electron chi connectivity index (χ4n) is 3.84. The minimum atomic E-state index is -1.09. The first-order valence-corrected chi connectivity index (χ1v) is 13.7. The minimum Gasteiger partial charge on any atom is -0.461 e. The summed E-state index contributed by atoms with van der Waals surface area (Å²) in [6, 6.07) is 10.8. The molecule has 0 saturated carbocycles. The van der Waals surface area contributed by atoms with Gasteiger partial charge in [-0.15, -0.1) is 11.8 Å². The lowest BCUT2D eigenvalue weighted by Crippen LogP contribution is -2.37. The molecular formula is C26H32F2N2O3S2. The average molecular weight is 523 g/mol. The molecule has 0 N–H and O–H groups in total. The molecule has 0 fully saturated rings. The molecule has 190 valence electrons. The van der Waals surface area contributed by atoms with Gasteiger partial charge in [-0.2, -0.15) is 4.39 Å². The van der Waals surface area contributed by atoms with Crippen LogP contribution in [0.1, 0.15) is 38.7 Å². The maximum atomic E-state index is 14.1. The molecule has 35 heavy (non-hydrogen) atoms. The number of fused-ring (bicyclic) bond motifs is 1. The Bertz CT molecular complexity index is 1030. The monoisotopic (exact) mass is 522 g/mol. The lowest BCUT2D eigenvalue weighted by Gasteiger charge is -2.30. The highest BCUT2D eigenvalue weighted by molar-refractivity contribution is 7.98. The Balaban J connectivity index is 1.97. The molecule has 0 radical (unpaired) electrons. The van der Waals surface area contributed by atoms with Crippen LogP contribution in [0.15, 0.2) is 58.3 Å². The molecule has 1 atom stereocenters. The number of likely N-dealkylation sites (N-methyl/N-ethyl adjacent to an activating group) is 1. The van der Waals surface area contributed by atoms with Crippen molar-refractivity contribution in [2.75, 3.05) is 31.4 Å². The van der Waals surface area contributed by atoms with E-state index in [2.05, 4.69) is 27.9 Å². The van der Waals surface area contributed by atoms with E-state index in [4.69, 9.17) is 4.74 Å². The van der Waals surface area contributed by atoms with Gasteiger partial charge in [0.25, 0.3) is 0 Å². The standard InChI is InChI=1S/C26H32F2N2O3S2/c1-5-7-8-20-16-30(15-18-9-11-19(27)12-10-18)22-13-25(34-4)23(14-24(22)35-29(20)3)33-17-21(28)26(31)32-6-2/h9-14,17,20H,5-8,15-16H2,1-4H3/b21-17-. The number of benzene rings is 2. The van der Waals surface area contributed by atoms with Crippen molar-refractivity contribution in [1.82, 2.24) is 4.31 Å². The normalized spacial score (nSPS) is 16.6. The van der Waals surface area contributed by atoms with Gasteiger partial charge in [0.1, 0.15) is 17.8 Å². The van der Waals surface area contributed by atoms with Gasteiger partial charge in [-0.05, 0) is 68.4 Å². The van der Waals surface area contributed by atoms with Gasteiger partial charge in [0.05, 0.1) is 22.1 Å². The highest BCUT2D eigenvalue weighted by atomic mass is 32.2. The van der Waals surface area contributed by atoms with E-state index in [1.165, 1.54) is 23.9 Å². The Hall–Kier alpha value is -2.23. The third-order valence-electron chi connectivity index (χ3n) is 5.71. The van der Waals surface area contributed by atoms with Crippen LogP contribution in [0.5, 0.6) is 5.75 Å². The number of halogens is 2. The number of unbranched alkanes of at least 4 members (excludes halogenated alkanes) is 1. The molecule has 2 aromatic carbocycles. The fraction of sp³-hybridized carbons (Fsp3) is 0.423. The van der Waals surface area contributed by atoms with E-state index >= 15 is 0 Å². The lowest BCUT2D eigenvalue weighted by molar-refractivity contribution is -0.140. The van der Waals surface area contributed by atoms with Crippen molar-refractivity contribution in [2.45, 2.75) is 55.5 Å². The van der Waals surface area contributed by atoms with Gasteiger partial charge in [0.15, 0.2) is 0 Å². The zero-order valence-electron chi connectivity index (χ0n) is 20.6. The zero-order chi connectivity index (χ0) is 25.4. The number of ether oxygens (including phenoxy) is 2. The van der Waals surface area contributed by atoms with Crippen LogP contribution in [0, 0.1) is 5.82 Å². The van der Waals surface area contributed by atoms with Crippen LogP contribution in [0.2, 0.25) is 0 Å². The van der Waals surface area contributed by atoms with E-state index in [0.29, 0.717) is 18.3 Å². The number of thioether (sulfide) groups is 1. The summed E-state index contributed by atoms with van der Waals surface area (Å²) in [6.45, 7) is 5.34. The Morgan fingerprint density at radius 1 is 1.26 bits per heavy atom. The van der Waals surface area contributed by atoms with Gasteiger partial charge < -0.3 is 14.4 Å². The minimum absolute atomic E-state index is 0.0844. The molecule has 1 aliphatic heterocycles. The van der Waals surface area contributed by atoms with Crippen molar-refractivity contribution in [1.29, 1.82) is 0 Å². The SMILES string of the molecule is CCCCC1CN(Cc2ccc(F)cc2)c2cc(SC)c(O/C=C(\F)C(=O)OCC)cc2SN1C. The highest BCUT2D eigenvalue weighted by Gasteiger charge is 2.28.